The molecule has 0 amide bonds. The van der Waals surface area contributed by atoms with Crippen LogP contribution in [0.1, 0.15) is 106 Å². The second-order valence-corrected chi connectivity index (χ2v) is 16.9. The normalized spacial score (nSPS) is 48.4. The maximum absolute atomic E-state index is 14.0. The molecular formula is C39H48O14. The number of rotatable bonds is 8. The number of hydrogen-bond acceptors (Lipinski definition) is 14. The molecule has 2 spiro atoms. The number of carbonyl (C=O) groups is 5. The highest BCUT2D eigenvalue weighted by Crippen LogP contribution is 2.90. The highest BCUT2D eigenvalue weighted by Gasteiger charge is 3.05. The standard InChI is InChI=1S/C39H48O14/c1-10-20(3)29(44)49-30-33(6)19-37-34(7,23(33)16-26(42)45-9)36-14-13-32(5)24(17-27(43)47-28(32)22-12-15-46-18-22)38(36,53-35(8,51-36)52-37)31(48-25(41)11-2)39(30,37)50-21(4)40/h10,12,15,18,23-24,28,30-31H,11,13-14,16-17,19H2,1-9H3/b20-10+/t23-,24+,28-,30-,31-,32+,33-,34-,35?,36-,37+,38+,39-/m0/s1. The predicted molar refractivity (Wildman–Crippen MR) is 178 cm³/mol. The first kappa shape index (κ1) is 36.2. The van der Waals surface area contributed by atoms with Crippen LogP contribution in [0.5, 0.6) is 0 Å². The molecule has 14 heteroatoms. The van der Waals surface area contributed by atoms with Crippen LogP contribution in [0.15, 0.2) is 34.7 Å². The van der Waals surface area contributed by atoms with Gasteiger partial charge in [-0.25, -0.2) is 4.79 Å². The van der Waals surface area contributed by atoms with E-state index in [-0.39, 0.29) is 37.7 Å². The van der Waals surface area contributed by atoms with Gasteiger partial charge in [0.2, 0.25) is 5.60 Å². The summed E-state index contributed by atoms with van der Waals surface area (Å²) in [6, 6.07) is 1.74. The van der Waals surface area contributed by atoms with Gasteiger partial charge in [-0.2, -0.15) is 0 Å². The van der Waals surface area contributed by atoms with E-state index in [2.05, 4.69) is 0 Å². The van der Waals surface area contributed by atoms with Crippen molar-refractivity contribution in [2.45, 2.75) is 141 Å². The van der Waals surface area contributed by atoms with Crippen LogP contribution >= 0.6 is 0 Å². The predicted octanol–water partition coefficient (Wildman–Crippen LogP) is 4.78. The van der Waals surface area contributed by atoms with Crippen LogP contribution in [0, 0.1) is 28.1 Å². The summed E-state index contributed by atoms with van der Waals surface area (Å²) in [7, 11) is 1.31. The summed E-state index contributed by atoms with van der Waals surface area (Å²) in [5.74, 6) is -6.47. The molecule has 14 nitrogen and oxygen atoms in total. The topological polar surface area (TPSA) is 172 Å². The summed E-state index contributed by atoms with van der Waals surface area (Å²) in [6.45, 7) is 13.7. The van der Waals surface area contributed by atoms with Crippen LogP contribution < -0.4 is 0 Å². The number of allylic oxidation sites excluding steroid dienone is 1. The molecule has 3 saturated heterocycles. The highest BCUT2D eigenvalue weighted by molar-refractivity contribution is 5.88. The first-order valence-electron chi connectivity index (χ1n) is 18.5. The largest absolute Gasteiger partial charge is 0.472 e. The average Bonchev–Trinajstić information content (AvgIpc) is 3.80. The Balaban J connectivity index is 1.50. The Kier molecular flexibility index (Phi) is 7.48. The number of fused-ring (bicyclic) bond motifs is 3. The van der Waals surface area contributed by atoms with Gasteiger partial charge >= 0.3 is 29.8 Å². The smallest absolute Gasteiger partial charge is 0.333 e. The van der Waals surface area contributed by atoms with Crippen LogP contribution in [0.4, 0.5) is 0 Å². The molecule has 53 heavy (non-hydrogen) atoms. The summed E-state index contributed by atoms with van der Waals surface area (Å²) in [6.07, 6.45) is 1.41. The Hall–Kier alpha value is -3.75. The van der Waals surface area contributed by atoms with E-state index in [0.29, 0.717) is 12.0 Å². The lowest BCUT2D eigenvalue weighted by Gasteiger charge is -2.77. The van der Waals surface area contributed by atoms with Crippen molar-refractivity contribution in [2.24, 2.45) is 28.1 Å². The SMILES string of the molecule is C/C=C(\C)C(=O)O[C@H]1[C@@]2(C)C[C@@]34OC5(C)O[C@]6([C@@H]7CC(=O)O[C@@H](c8ccoc8)[C@]7(C)CC[C@]6(O5)[C@]3(C)[C@H]2CC(=O)OC)[C@H](OC(=O)CC)[C@@]14OC(C)=O. The molecule has 0 N–H and O–H groups in total. The van der Waals surface area contributed by atoms with Gasteiger partial charge in [0.05, 0.1) is 26.1 Å². The van der Waals surface area contributed by atoms with Crippen molar-refractivity contribution in [3.05, 3.63) is 35.8 Å². The quantitative estimate of drug-likeness (QED) is 0.203. The van der Waals surface area contributed by atoms with Crippen LogP contribution in [0.25, 0.3) is 0 Å². The molecule has 13 atom stereocenters. The minimum absolute atomic E-state index is 0.0645. The zero-order valence-electron chi connectivity index (χ0n) is 31.7. The number of furan rings is 1. The fraction of sp³-hybridized carbons (Fsp3) is 0.718. The Morgan fingerprint density at radius 2 is 1.66 bits per heavy atom. The monoisotopic (exact) mass is 740 g/mol. The van der Waals surface area contributed by atoms with Gasteiger partial charge in [0.1, 0.15) is 22.9 Å². The lowest BCUT2D eigenvalue weighted by Crippen LogP contribution is -2.94. The second-order valence-electron chi connectivity index (χ2n) is 16.9. The molecule has 4 saturated carbocycles. The summed E-state index contributed by atoms with van der Waals surface area (Å²) in [4.78, 5) is 69.1. The van der Waals surface area contributed by atoms with Crippen molar-refractivity contribution in [3.8, 4) is 0 Å². The number of hydrogen-bond donors (Lipinski definition) is 0. The van der Waals surface area contributed by atoms with Crippen molar-refractivity contribution < 1.29 is 66.3 Å². The third kappa shape index (κ3) is 3.87. The van der Waals surface area contributed by atoms with E-state index in [1.165, 1.54) is 26.6 Å². The van der Waals surface area contributed by atoms with E-state index in [4.69, 9.17) is 42.3 Å². The molecule has 4 heterocycles. The fourth-order valence-corrected chi connectivity index (χ4v) is 13.0. The van der Waals surface area contributed by atoms with Gasteiger partial charge in [0.25, 0.3) is 5.97 Å². The van der Waals surface area contributed by atoms with Gasteiger partial charge in [0, 0.05) is 60.0 Å². The Morgan fingerprint density at radius 1 is 0.943 bits per heavy atom. The van der Waals surface area contributed by atoms with Crippen LogP contribution in [0.2, 0.25) is 0 Å². The van der Waals surface area contributed by atoms with Crippen LogP contribution in [-0.4, -0.2) is 77.5 Å². The zero-order valence-corrected chi connectivity index (χ0v) is 31.7. The molecular weight excluding hydrogens is 692 g/mol. The van der Waals surface area contributed by atoms with E-state index in [1.807, 2.05) is 20.8 Å². The zero-order chi connectivity index (χ0) is 38.4. The summed E-state index contributed by atoms with van der Waals surface area (Å²) in [5, 5.41) is 0. The van der Waals surface area contributed by atoms with Gasteiger partial charge in [-0.1, -0.05) is 33.8 Å². The highest BCUT2D eigenvalue weighted by atomic mass is 16.9. The number of esters is 5. The van der Waals surface area contributed by atoms with E-state index >= 15 is 0 Å². The van der Waals surface area contributed by atoms with Gasteiger partial charge < -0.3 is 42.3 Å². The Morgan fingerprint density at radius 3 is 2.28 bits per heavy atom. The number of methoxy groups -OCH3 is 1. The number of cyclic esters (lactones) is 1. The molecule has 3 aliphatic heterocycles. The van der Waals surface area contributed by atoms with Crippen molar-refractivity contribution in [3.63, 3.8) is 0 Å². The third-order valence-corrected chi connectivity index (χ3v) is 14.7. The van der Waals surface area contributed by atoms with Gasteiger partial charge in [-0.3, -0.25) is 19.2 Å². The van der Waals surface area contributed by atoms with Crippen LogP contribution in [-0.2, 0) is 61.9 Å². The van der Waals surface area contributed by atoms with Crippen molar-refractivity contribution in [2.75, 3.05) is 7.11 Å². The van der Waals surface area contributed by atoms with E-state index in [9.17, 15) is 24.0 Å². The Bertz CT molecular complexity index is 1840. The summed E-state index contributed by atoms with van der Waals surface area (Å²) >= 11 is 0. The summed E-state index contributed by atoms with van der Waals surface area (Å²) < 4.78 is 58.4. The van der Waals surface area contributed by atoms with Crippen molar-refractivity contribution >= 4 is 29.8 Å². The number of ether oxygens (including phenoxy) is 8. The maximum Gasteiger partial charge on any atom is 0.333 e. The molecule has 288 valence electrons. The average molecular weight is 741 g/mol. The molecule has 1 unspecified atom stereocenters. The lowest BCUT2D eigenvalue weighted by atomic mass is 9.33. The van der Waals surface area contributed by atoms with Crippen molar-refractivity contribution in [1.29, 1.82) is 0 Å². The van der Waals surface area contributed by atoms with E-state index in [0.717, 1.165) is 0 Å². The Labute approximate surface area is 307 Å². The number of carbonyl (C=O) groups excluding carboxylic acids is 5. The van der Waals surface area contributed by atoms with Gasteiger partial charge in [0.15, 0.2) is 12.2 Å². The van der Waals surface area contributed by atoms with E-state index < -0.39 is 105 Å². The minimum Gasteiger partial charge on any atom is -0.472 e. The van der Waals surface area contributed by atoms with E-state index in [1.54, 1.807) is 39.8 Å². The lowest BCUT2D eigenvalue weighted by molar-refractivity contribution is -0.477. The molecule has 7 fully saturated rings. The van der Waals surface area contributed by atoms with Crippen molar-refractivity contribution in [1.82, 2.24) is 0 Å². The molecule has 0 radical (unpaired) electrons. The molecule has 4 bridgehead atoms. The maximum atomic E-state index is 14.0. The first-order chi connectivity index (χ1) is 24.8. The second kappa shape index (κ2) is 10.9. The molecule has 1 aromatic heterocycles. The molecule has 0 aromatic carbocycles. The first-order valence-corrected chi connectivity index (χ1v) is 18.5. The van der Waals surface area contributed by atoms with Gasteiger partial charge in [-0.15, -0.1) is 0 Å². The molecule has 4 aliphatic carbocycles. The molecule has 8 rings (SSSR count). The minimum atomic E-state index is -2.06. The third-order valence-electron chi connectivity index (χ3n) is 14.7. The summed E-state index contributed by atoms with van der Waals surface area (Å²) in [5.41, 5.74) is -9.29. The van der Waals surface area contributed by atoms with Crippen LogP contribution in [0.3, 0.4) is 0 Å². The fourth-order valence-electron chi connectivity index (χ4n) is 13.0. The van der Waals surface area contributed by atoms with Gasteiger partial charge in [-0.05, 0) is 45.1 Å². The molecule has 1 aromatic rings. The molecule has 7 aliphatic rings.